The maximum Gasteiger partial charge on any atom is 0.361 e. The molecule has 180 valence electrons. The van der Waals surface area contributed by atoms with E-state index in [1.165, 1.54) is 4.90 Å². The lowest BCUT2D eigenvalue weighted by molar-refractivity contribution is -0.138. The second kappa shape index (κ2) is 8.56. The first-order valence-corrected chi connectivity index (χ1v) is 11.7. The molecule has 2 unspecified atom stereocenters. The quantitative estimate of drug-likeness (QED) is 0.617. The Morgan fingerprint density at radius 3 is 2.59 bits per heavy atom. The molecule has 1 saturated carbocycles. The predicted octanol–water partition coefficient (Wildman–Crippen LogP) is 1.96. The molecule has 10 heteroatoms. The summed E-state index contributed by atoms with van der Waals surface area (Å²) in [4.78, 5) is 54.1. The highest BCUT2D eigenvalue weighted by Crippen LogP contribution is 2.41. The summed E-state index contributed by atoms with van der Waals surface area (Å²) in [5, 5.41) is 4.55. The van der Waals surface area contributed by atoms with E-state index in [0.717, 1.165) is 12.8 Å². The first-order valence-electron chi connectivity index (χ1n) is 11.7. The van der Waals surface area contributed by atoms with Gasteiger partial charge in [0.15, 0.2) is 0 Å². The van der Waals surface area contributed by atoms with E-state index in [1.807, 2.05) is 0 Å². The summed E-state index contributed by atoms with van der Waals surface area (Å²) in [6.07, 6.45) is 3.49. The zero-order chi connectivity index (χ0) is 24.0. The van der Waals surface area contributed by atoms with Crippen molar-refractivity contribution >= 4 is 29.3 Å². The minimum Gasteiger partial charge on any atom is -0.346 e. The van der Waals surface area contributed by atoms with Gasteiger partial charge in [-0.2, -0.15) is 8.78 Å². The molecule has 5 rings (SSSR count). The lowest BCUT2D eigenvalue weighted by Crippen LogP contribution is -2.52. The predicted molar refractivity (Wildman–Crippen MR) is 117 cm³/mol. The molecule has 8 nitrogen and oxygen atoms in total. The number of piperidine rings is 1. The topological polar surface area (TPSA) is 108 Å². The van der Waals surface area contributed by atoms with E-state index < -0.39 is 23.8 Å². The minimum absolute atomic E-state index is 0.119. The molecule has 0 spiro atoms. The third-order valence-electron chi connectivity index (χ3n) is 7.25. The zero-order valence-corrected chi connectivity index (χ0v) is 18.6. The maximum absolute atomic E-state index is 14.7. The molecule has 3 aliphatic heterocycles. The van der Waals surface area contributed by atoms with Crippen molar-refractivity contribution in [1.82, 2.24) is 15.5 Å². The van der Waals surface area contributed by atoms with Crippen LogP contribution in [0.25, 0.3) is 0 Å². The number of amides is 4. The number of rotatable bonds is 6. The molecule has 1 aromatic carbocycles. The van der Waals surface area contributed by atoms with Gasteiger partial charge in [-0.15, -0.1) is 0 Å². The molecule has 0 bridgehead atoms. The second-order valence-corrected chi connectivity index (χ2v) is 9.57. The molecule has 34 heavy (non-hydrogen) atoms. The summed E-state index contributed by atoms with van der Waals surface area (Å²) in [5.74, 6) is -5.24. The number of benzene rings is 1. The number of aliphatic imine (C=N–C) groups is 1. The number of fused-ring (bicyclic) bond motifs is 1. The Balaban J connectivity index is 1.21. The number of nitrogens with one attached hydrogen (secondary N) is 2. The third kappa shape index (κ3) is 4.21. The van der Waals surface area contributed by atoms with Crippen molar-refractivity contribution in [2.24, 2.45) is 16.8 Å². The van der Waals surface area contributed by atoms with Gasteiger partial charge in [0.2, 0.25) is 11.8 Å². The normalized spacial score (nSPS) is 25.1. The number of hydrogen-bond acceptors (Lipinski definition) is 5. The summed E-state index contributed by atoms with van der Waals surface area (Å²) in [5.41, 5.74) is 1.30. The Morgan fingerprint density at radius 2 is 1.91 bits per heavy atom. The molecule has 4 amide bonds. The number of imide groups is 1. The van der Waals surface area contributed by atoms with Crippen molar-refractivity contribution in [3.05, 3.63) is 34.9 Å². The van der Waals surface area contributed by atoms with Crippen LogP contribution >= 0.6 is 0 Å². The van der Waals surface area contributed by atoms with Crippen LogP contribution in [0.5, 0.6) is 0 Å². The molecule has 1 aromatic rings. The van der Waals surface area contributed by atoms with Gasteiger partial charge in [0.25, 0.3) is 11.8 Å². The summed E-state index contributed by atoms with van der Waals surface area (Å²) in [6, 6.07) is 4.12. The number of halogens is 2. The number of nitrogens with zero attached hydrogens (tertiary/aromatic N) is 2. The van der Waals surface area contributed by atoms with E-state index in [0.29, 0.717) is 41.5 Å². The standard InChI is InChI=1S/C24H26F2N4O4/c25-24(26,19-7-4-15(11-27-19)14-2-3-14)23(34)28-10-13-1-5-17-16(9-13)12-30(22(17)33)18-6-8-20(31)29-21(18)32/h1,5,9,14-15,18H,2-4,6-8,10-12H2,(H,28,34)(H,29,31,32). The van der Waals surface area contributed by atoms with Crippen LogP contribution < -0.4 is 10.6 Å². The van der Waals surface area contributed by atoms with Gasteiger partial charge in [-0.25, -0.2) is 0 Å². The smallest absolute Gasteiger partial charge is 0.346 e. The Labute approximate surface area is 195 Å². The van der Waals surface area contributed by atoms with Gasteiger partial charge in [-0.05, 0) is 61.1 Å². The molecule has 0 radical (unpaired) electrons. The molecular formula is C24H26F2N4O4. The molecule has 1 saturated heterocycles. The average molecular weight is 472 g/mol. The van der Waals surface area contributed by atoms with Crippen LogP contribution in [0.15, 0.2) is 23.2 Å². The van der Waals surface area contributed by atoms with E-state index in [2.05, 4.69) is 15.6 Å². The SMILES string of the molecule is O=C1CCC(N2Cc3cc(CNC(=O)C(F)(F)C4=NCC(C5CC5)CC4)ccc3C2=O)C(=O)N1. The van der Waals surface area contributed by atoms with Gasteiger partial charge >= 0.3 is 5.92 Å². The molecule has 4 aliphatic rings. The summed E-state index contributed by atoms with van der Waals surface area (Å²) in [7, 11) is 0. The molecule has 2 atom stereocenters. The van der Waals surface area contributed by atoms with Crippen molar-refractivity contribution in [3.63, 3.8) is 0 Å². The van der Waals surface area contributed by atoms with Gasteiger partial charge in [-0.1, -0.05) is 12.1 Å². The van der Waals surface area contributed by atoms with Crippen molar-refractivity contribution in [2.75, 3.05) is 6.54 Å². The van der Waals surface area contributed by atoms with E-state index in [4.69, 9.17) is 0 Å². The van der Waals surface area contributed by atoms with Gasteiger partial charge in [0.1, 0.15) is 6.04 Å². The van der Waals surface area contributed by atoms with Crippen LogP contribution in [0.4, 0.5) is 8.78 Å². The van der Waals surface area contributed by atoms with Crippen LogP contribution in [-0.2, 0) is 27.5 Å². The first-order chi connectivity index (χ1) is 16.2. The lowest BCUT2D eigenvalue weighted by Gasteiger charge is -2.29. The Bertz CT molecular complexity index is 1100. The molecule has 1 aliphatic carbocycles. The highest BCUT2D eigenvalue weighted by Gasteiger charge is 2.46. The van der Waals surface area contributed by atoms with E-state index >= 15 is 0 Å². The third-order valence-corrected chi connectivity index (χ3v) is 7.25. The van der Waals surface area contributed by atoms with Gasteiger partial charge in [0, 0.05) is 31.6 Å². The molecule has 2 fully saturated rings. The van der Waals surface area contributed by atoms with Crippen molar-refractivity contribution in [2.45, 2.75) is 63.6 Å². The highest BCUT2D eigenvalue weighted by atomic mass is 19.3. The molecule has 3 heterocycles. The number of carbonyl (C=O) groups excluding carboxylic acids is 4. The molecule has 0 aromatic heterocycles. The first kappa shape index (κ1) is 22.6. The monoisotopic (exact) mass is 472 g/mol. The zero-order valence-electron chi connectivity index (χ0n) is 18.6. The second-order valence-electron chi connectivity index (χ2n) is 9.57. The maximum atomic E-state index is 14.7. The van der Waals surface area contributed by atoms with Crippen molar-refractivity contribution in [1.29, 1.82) is 0 Å². The van der Waals surface area contributed by atoms with Gasteiger partial charge in [0.05, 0.1) is 5.71 Å². The Morgan fingerprint density at radius 1 is 1.12 bits per heavy atom. The van der Waals surface area contributed by atoms with Crippen LogP contribution in [0.2, 0.25) is 0 Å². The number of hydrogen-bond donors (Lipinski definition) is 2. The average Bonchev–Trinajstić information content (AvgIpc) is 3.62. The number of carbonyl (C=O) groups is 4. The summed E-state index contributed by atoms with van der Waals surface area (Å²) >= 11 is 0. The van der Waals surface area contributed by atoms with Crippen molar-refractivity contribution < 1.29 is 28.0 Å². The minimum atomic E-state index is -3.65. The Kier molecular flexibility index (Phi) is 5.69. The fraction of sp³-hybridized carbons (Fsp3) is 0.542. The van der Waals surface area contributed by atoms with Crippen LogP contribution in [0, 0.1) is 11.8 Å². The number of alkyl halides is 2. The lowest BCUT2D eigenvalue weighted by atomic mass is 9.91. The van der Waals surface area contributed by atoms with Crippen molar-refractivity contribution in [3.8, 4) is 0 Å². The summed E-state index contributed by atoms with van der Waals surface area (Å²) < 4.78 is 29.4. The van der Waals surface area contributed by atoms with Crippen LogP contribution in [0.3, 0.4) is 0 Å². The Hall–Kier alpha value is -3.17. The van der Waals surface area contributed by atoms with Gasteiger partial charge in [-0.3, -0.25) is 29.5 Å². The van der Waals surface area contributed by atoms with Crippen LogP contribution in [0.1, 0.15) is 60.0 Å². The van der Waals surface area contributed by atoms with E-state index in [1.54, 1.807) is 18.2 Å². The largest absolute Gasteiger partial charge is 0.361 e. The fourth-order valence-corrected chi connectivity index (χ4v) is 5.09. The van der Waals surface area contributed by atoms with E-state index in [9.17, 15) is 28.0 Å². The summed E-state index contributed by atoms with van der Waals surface area (Å²) in [6.45, 7) is 0.426. The van der Waals surface area contributed by atoms with Crippen LogP contribution in [-0.4, -0.2) is 52.7 Å². The van der Waals surface area contributed by atoms with E-state index in [-0.39, 0.29) is 49.9 Å². The molecule has 2 N–H and O–H groups in total. The molecular weight excluding hydrogens is 446 g/mol. The fourth-order valence-electron chi connectivity index (χ4n) is 5.09. The van der Waals surface area contributed by atoms with Gasteiger partial charge < -0.3 is 10.2 Å². The highest BCUT2D eigenvalue weighted by molar-refractivity contribution is 6.10.